The summed E-state index contributed by atoms with van der Waals surface area (Å²) in [7, 11) is 4.07. The first-order chi connectivity index (χ1) is 36.2. The van der Waals surface area contributed by atoms with Crippen molar-refractivity contribution in [2.45, 2.75) is 13.8 Å². The van der Waals surface area contributed by atoms with E-state index in [1.54, 1.807) is 24.3 Å². The Kier molecular flexibility index (Phi) is 16.0. The van der Waals surface area contributed by atoms with E-state index in [4.69, 9.17) is 29.0 Å². The molecule has 0 fully saturated rings. The second kappa shape index (κ2) is 23.1. The number of furan rings is 2. The van der Waals surface area contributed by atoms with Crippen LogP contribution in [0, 0.1) is 39.3 Å². The molecule has 76 heavy (non-hydrogen) atoms. The fourth-order valence-corrected chi connectivity index (χ4v) is 9.08. The predicted octanol–water partition coefficient (Wildman–Crippen LogP) is 14.5. The average Bonchev–Trinajstić information content (AvgIpc) is 4.21. The average molecular weight is 1360 g/mol. The molecular weight excluding hydrogens is 1310 g/mol. The molecule has 0 unspecified atom stereocenters. The van der Waals surface area contributed by atoms with Crippen molar-refractivity contribution in [3.05, 3.63) is 231 Å². The SMILES string of the molecule is CN1[CH-]N(c2[c-]cccc2)c2ncc(-c3cccc4c3oc3ccccc34)cc21.CN1[CH-]N(c2[c-]cccc2)c2ncc(-c3cccc4c3oc3ccccc34)cc21.Cc1cccc(O)n1.Cc1cccc(O)n1.[Pt+2].[Pt+2]. The van der Waals surface area contributed by atoms with Gasteiger partial charge in [-0.15, -0.1) is 11.4 Å². The molecule has 8 heterocycles. The number of pyridine rings is 4. The number of aryl methyl sites for hydroxylation is 2. The molecule has 6 aromatic heterocycles. The van der Waals surface area contributed by atoms with Crippen molar-refractivity contribution in [2.75, 3.05) is 33.7 Å². The van der Waals surface area contributed by atoms with Gasteiger partial charge in [-0.25, -0.2) is 19.9 Å². The Morgan fingerprint density at radius 2 is 0.855 bits per heavy atom. The summed E-state index contributed by atoms with van der Waals surface area (Å²) in [6.45, 7) is 7.74. The van der Waals surface area contributed by atoms with Crippen LogP contribution in [0.4, 0.5) is 34.4 Å². The molecule has 380 valence electrons. The summed E-state index contributed by atoms with van der Waals surface area (Å²) in [5, 5.41) is 21.9. The number of benzene rings is 6. The minimum Gasteiger partial charge on any atom is -0.502 e. The van der Waals surface area contributed by atoms with Gasteiger partial charge in [-0.05, 0) is 64.3 Å². The van der Waals surface area contributed by atoms with Crippen molar-refractivity contribution in [1.29, 1.82) is 0 Å². The molecule has 2 aliphatic rings. The van der Waals surface area contributed by atoms with E-state index in [-0.39, 0.29) is 53.9 Å². The summed E-state index contributed by atoms with van der Waals surface area (Å²) in [5.41, 5.74) is 13.5. The molecule has 12 aromatic rings. The third kappa shape index (κ3) is 10.8. The zero-order valence-corrected chi connectivity index (χ0v) is 46.1. The maximum atomic E-state index is 8.70. The Morgan fingerprint density at radius 3 is 1.24 bits per heavy atom. The van der Waals surface area contributed by atoms with E-state index >= 15 is 0 Å². The second-order valence-electron chi connectivity index (χ2n) is 17.7. The maximum Gasteiger partial charge on any atom is 2.00 e. The van der Waals surface area contributed by atoms with Gasteiger partial charge in [-0.3, -0.25) is 0 Å². The van der Waals surface area contributed by atoms with Gasteiger partial charge in [0.2, 0.25) is 11.8 Å². The van der Waals surface area contributed by atoms with Gasteiger partial charge < -0.3 is 38.6 Å². The Morgan fingerprint density at radius 1 is 0.461 bits per heavy atom. The molecule has 14 heteroatoms. The molecule has 0 saturated heterocycles. The number of aromatic nitrogens is 4. The number of rotatable bonds is 4. The Hall–Kier alpha value is -8.30. The first kappa shape index (κ1) is 52.6. The van der Waals surface area contributed by atoms with Crippen molar-refractivity contribution >= 4 is 78.3 Å². The van der Waals surface area contributed by atoms with E-state index in [1.807, 2.05) is 151 Å². The minimum atomic E-state index is 0. The summed E-state index contributed by atoms with van der Waals surface area (Å²) in [6.07, 6.45) is 3.84. The third-order valence-electron chi connectivity index (χ3n) is 12.6. The summed E-state index contributed by atoms with van der Waals surface area (Å²) < 4.78 is 12.4. The Balaban J connectivity index is 0.000000141. The largest absolute Gasteiger partial charge is 2.00 e. The van der Waals surface area contributed by atoms with Gasteiger partial charge in [0, 0.05) is 79.7 Å². The van der Waals surface area contributed by atoms with Crippen molar-refractivity contribution in [3.8, 4) is 34.0 Å². The predicted molar refractivity (Wildman–Crippen MR) is 295 cm³/mol. The van der Waals surface area contributed by atoms with Crippen molar-refractivity contribution in [2.24, 2.45) is 0 Å². The molecule has 0 amide bonds. The van der Waals surface area contributed by atoms with Gasteiger partial charge in [0.25, 0.3) is 0 Å². The van der Waals surface area contributed by atoms with E-state index in [0.717, 1.165) is 112 Å². The van der Waals surface area contributed by atoms with E-state index < -0.39 is 0 Å². The van der Waals surface area contributed by atoms with Gasteiger partial charge in [0.05, 0.1) is 11.4 Å². The molecule has 0 atom stereocenters. The first-order valence-electron chi connectivity index (χ1n) is 23.9. The molecule has 0 aliphatic carbocycles. The molecule has 0 saturated carbocycles. The van der Waals surface area contributed by atoms with Gasteiger partial charge >= 0.3 is 42.1 Å². The number of nitrogens with zero attached hydrogens (tertiary/aromatic N) is 8. The Bertz CT molecular complexity index is 3660. The molecule has 2 N–H and O–H groups in total. The second-order valence-corrected chi connectivity index (χ2v) is 17.7. The standard InChI is InChI=1S/2C25H17N3O.2C6H7NO.2Pt/c2*1-27-16-28(18-8-3-2-4-9-18)25-22(27)14-17(15-26-25)19-11-7-12-21-20-10-5-6-13-23(20)29-24(19)21;2*1-5-3-2-4-6(8)7-5;;/h2*2-8,10-16H,1H3;2*2-4H,1H3,(H,7,8);;/q2*-2;;;2*+2. The van der Waals surface area contributed by atoms with Crippen LogP contribution in [0.25, 0.3) is 66.1 Å². The fraction of sp³-hybridized carbons (Fsp3) is 0.0645. The monoisotopic (exact) mass is 1360 g/mol. The van der Waals surface area contributed by atoms with Crippen LogP contribution in [0.1, 0.15) is 11.4 Å². The molecule has 0 spiro atoms. The summed E-state index contributed by atoms with van der Waals surface area (Å²) in [4.78, 5) is 25.3. The van der Waals surface area contributed by atoms with Gasteiger partial charge in [-0.1, -0.05) is 84.9 Å². The van der Waals surface area contributed by atoms with Gasteiger partial charge in [0.15, 0.2) is 0 Å². The molecule has 0 radical (unpaired) electrons. The van der Waals surface area contributed by atoms with Crippen LogP contribution in [0.2, 0.25) is 0 Å². The Labute approximate surface area is 469 Å². The summed E-state index contributed by atoms with van der Waals surface area (Å²) in [5.74, 6) is 1.97. The normalized spacial score (nSPS) is 12.2. The zero-order valence-electron chi connectivity index (χ0n) is 41.6. The van der Waals surface area contributed by atoms with Crippen molar-refractivity contribution in [3.63, 3.8) is 0 Å². The fourth-order valence-electron chi connectivity index (χ4n) is 9.08. The van der Waals surface area contributed by atoms with Crippen LogP contribution in [0.3, 0.4) is 0 Å². The van der Waals surface area contributed by atoms with Crippen molar-refractivity contribution < 1.29 is 61.2 Å². The van der Waals surface area contributed by atoms with Crippen LogP contribution in [-0.4, -0.2) is 44.2 Å². The number of anilines is 6. The third-order valence-corrected chi connectivity index (χ3v) is 12.6. The van der Waals surface area contributed by atoms with Crippen LogP contribution in [-0.2, 0) is 42.1 Å². The topological polar surface area (TPSA) is 131 Å². The van der Waals surface area contributed by atoms with Gasteiger partial charge in [0.1, 0.15) is 34.0 Å². The minimum absolute atomic E-state index is 0. The van der Waals surface area contributed by atoms with Gasteiger partial charge in [-0.2, -0.15) is 74.0 Å². The molecular formula is C62H48N8O4Pt2. The number of para-hydroxylation sites is 6. The van der Waals surface area contributed by atoms with E-state index in [9.17, 15) is 0 Å². The number of aromatic hydroxyl groups is 2. The number of hydrogen-bond acceptors (Lipinski definition) is 12. The van der Waals surface area contributed by atoms with E-state index in [1.165, 1.54) is 0 Å². The van der Waals surface area contributed by atoms with E-state index in [2.05, 4.69) is 102 Å². The number of hydrogen-bond donors (Lipinski definition) is 2. The molecule has 0 bridgehead atoms. The molecule has 12 nitrogen and oxygen atoms in total. The molecule has 6 aromatic carbocycles. The molecule has 14 rings (SSSR count). The summed E-state index contributed by atoms with van der Waals surface area (Å²) >= 11 is 0. The van der Waals surface area contributed by atoms with E-state index in [0.29, 0.717) is 0 Å². The van der Waals surface area contributed by atoms with Crippen molar-refractivity contribution in [1.82, 2.24) is 19.9 Å². The smallest absolute Gasteiger partial charge is 0.502 e. The van der Waals surface area contributed by atoms with Crippen LogP contribution < -0.4 is 19.6 Å². The zero-order chi connectivity index (χ0) is 50.7. The maximum absolute atomic E-state index is 8.70. The number of fused-ring (bicyclic) bond motifs is 8. The molecule has 2 aliphatic heterocycles. The summed E-state index contributed by atoms with van der Waals surface area (Å²) in [6, 6.07) is 65.9. The quantitative estimate of drug-likeness (QED) is 0.163. The van der Waals surface area contributed by atoms with Crippen LogP contribution in [0.15, 0.2) is 203 Å². The first-order valence-corrected chi connectivity index (χ1v) is 23.9. The van der Waals surface area contributed by atoms with Crippen LogP contribution in [0.5, 0.6) is 11.8 Å². The van der Waals surface area contributed by atoms with Crippen LogP contribution >= 0.6 is 0 Å².